The number of allylic oxidation sites excluding steroid dienone is 1. The SMILES string of the molecule is COc1ccc(Br)cc1[C@H]1C(C(=O)OC(C)C)=C(C)N=c2s/c(=C\c3cc(Cl)c(OC(C)C)c(OC)c3)c(=O)n21. The minimum absolute atomic E-state index is 0.101. The van der Waals surface area contributed by atoms with Crippen LogP contribution in [-0.4, -0.2) is 37.0 Å². The first-order valence-corrected chi connectivity index (χ1v) is 14.5. The van der Waals surface area contributed by atoms with Gasteiger partial charge in [-0.05, 0) is 76.6 Å². The molecule has 212 valence electrons. The lowest BCUT2D eigenvalue weighted by atomic mass is 9.95. The quantitative estimate of drug-likeness (QED) is 0.304. The van der Waals surface area contributed by atoms with Crippen LogP contribution in [0, 0.1) is 0 Å². The van der Waals surface area contributed by atoms with Crippen molar-refractivity contribution in [3.8, 4) is 17.2 Å². The third-order valence-corrected chi connectivity index (χ3v) is 7.73. The van der Waals surface area contributed by atoms with Gasteiger partial charge in [-0.1, -0.05) is 38.9 Å². The average Bonchev–Trinajstić information content (AvgIpc) is 3.17. The van der Waals surface area contributed by atoms with Crippen LogP contribution in [0.25, 0.3) is 6.08 Å². The Labute approximate surface area is 249 Å². The number of thiazole rings is 1. The number of aromatic nitrogens is 1. The number of benzene rings is 2. The molecule has 1 atom stereocenters. The number of methoxy groups -OCH3 is 2. The van der Waals surface area contributed by atoms with Gasteiger partial charge in [0.1, 0.15) is 11.8 Å². The van der Waals surface area contributed by atoms with Crippen LogP contribution in [0.2, 0.25) is 5.02 Å². The molecule has 1 aliphatic heterocycles. The topological polar surface area (TPSA) is 88.4 Å². The van der Waals surface area contributed by atoms with Crippen molar-refractivity contribution in [2.24, 2.45) is 4.99 Å². The number of carbonyl (C=O) groups excluding carboxylic acids is 1. The van der Waals surface area contributed by atoms with E-state index in [1.807, 2.05) is 26.0 Å². The van der Waals surface area contributed by atoms with Gasteiger partial charge in [0, 0.05) is 10.0 Å². The predicted octanol–water partition coefficient (Wildman–Crippen LogP) is 5.41. The Hall–Kier alpha value is -3.08. The van der Waals surface area contributed by atoms with E-state index < -0.39 is 12.0 Å². The van der Waals surface area contributed by atoms with Crippen molar-refractivity contribution < 1.29 is 23.7 Å². The number of hydrogen-bond donors (Lipinski definition) is 0. The molecule has 4 rings (SSSR count). The molecule has 0 bridgehead atoms. The van der Waals surface area contributed by atoms with Gasteiger partial charge >= 0.3 is 5.97 Å². The lowest BCUT2D eigenvalue weighted by Crippen LogP contribution is -2.40. The fourth-order valence-electron chi connectivity index (χ4n) is 4.40. The van der Waals surface area contributed by atoms with E-state index in [9.17, 15) is 9.59 Å². The summed E-state index contributed by atoms with van der Waals surface area (Å²) in [4.78, 5) is 32.5. The lowest BCUT2D eigenvalue weighted by molar-refractivity contribution is -0.143. The maximum absolute atomic E-state index is 14.0. The molecule has 0 spiro atoms. The molecule has 0 amide bonds. The molecule has 2 heterocycles. The first-order chi connectivity index (χ1) is 18.9. The van der Waals surface area contributed by atoms with Crippen LogP contribution in [-0.2, 0) is 9.53 Å². The molecule has 0 saturated carbocycles. The second kappa shape index (κ2) is 12.2. The van der Waals surface area contributed by atoms with Gasteiger partial charge in [0.15, 0.2) is 16.3 Å². The van der Waals surface area contributed by atoms with E-state index in [-0.39, 0.29) is 23.3 Å². The van der Waals surface area contributed by atoms with Crippen LogP contribution in [0.1, 0.15) is 51.8 Å². The van der Waals surface area contributed by atoms with Crippen molar-refractivity contribution in [1.82, 2.24) is 4.57 Å². The Bertz CT molecular complexity index is 1670. The first-order valence-electron chi connectivity index (χ1n) is 12.6. The van der Waals surface area contributed by atoms with Crippen LogP contribution in [0.15, 0.2) is 55.9 Å². The molecule has 1 aromatic heterocycles. The van der Waals surface area contributed by atoms with Crippen molar-refractivity contribution in [2.75, 3.05) is 14.2 Å². The fraction of sp³-hybridized carbons (Fsp3) is 0.345. The molecular formula is C29H30BrClN2O6S. The summed E-state index contributed by atoms with van der Waals surface area (Å²) in [6, 6.07) is 8.10. The number of halogens is 2. The van der Waals surface area contributed by atoms with Gasteiger partial charge in [0.25, 0.3) is 5.56 Å². The third kappa shape index (κ3) is 5.99. The Morgan fingerprint density at radius 1 is 1.10 bits per heavy atom. The molecule has 8 nitrogen and oxygen atoms in total. The van der Waals surface area contributed by atoms with Crippen LogP contribution < -0.4 is 29.1 Å². The summed E-state index contributed by atoms with van der Waals surface area (Å²) in [6.45, 7) is 9.08. The van der Waals surface area contributed by atoms with Crippen LogP contribution in [0.3, 0.4) is 0 Å². The summed E-state index contributed by atoms with van der Waals surface area (Å²) >= 11 is 11.3. The van der Waals surface area contributed by atoms with E-state index in [2.05, 4.69) is 20.9 Å². The molecule has 0 unspecified atom stereocenters. The summed E-state index contributed by atoms with van der Waals surface area (Å²) < 4.78 is 25.2. The molecule has 40 heavy (non-hydrogen) atoms. The van der Waals surface area contributed by atoms with Crippen molar-refractivity contribution in [2.45, 2.75) is 52.9 Å². The standard InChI is InChI=1S/C29H30BrClN2O6S/c1-14(2)38-26-20(31)10-17(11-22(26)37-7)12-23-27(34)33-25(19-13-18(30)8-9-21(19)36-6)24(28(35)39-15(3)4)16(5)32-29(33)40-23/h8-15,25H,1-7H3/b23-12-/t25-/m0/s1. The maximum Gasteiger partial charge on any atom is 0.338 e. The summed E-state index contributed by atoms with van der Waals surface area (Å²) in [5.74, 6) is 0.856. The molecule has 0 fully saturated rings. The van der Waals surface area contributed by atoms with E-state index >= 15 is 0 Å². The van der Waals surface area contributed by atoms with E-state index in [4.69, 9.17) is 30.5 Å². The summed E-state index contributed by atoms with van der Waals surface area (Å²) in [5.41, 5.74) is 1.68. The van der Waals surface area contributed by atoms with Crippen LogP contribution >= 0.6 is 38.9 Å². The van der Waals surface area contributed by atoms with E-state index in [1.165, 1.54) is 23.0 Å². The summed E-state index contributed by atoms with van der Waals surface area (Å²) in [5, 5.41) is 0.360. The minimum Gasteiger partial charge on any atom is -0.496 e. The highest BCUT2D eigenvalue weighted by Gasteiger charge is 2.35. The Balaban J connectivity index is 1.96. The van der Waals surface area contributed by atoms with Crippen LogP contribution in [0.5, 0.6) is 17.2 Å². The van der Waals surface area contributed by atoms with Crippen LogP contribution in [0.4, 0.5) is 0 Å². The van der Waals surface area contributed by atoms with Gasteiger partial charge in [0.2, 0.25) is 0 Å². The monoisotopic (exact) mass is 648 g/mol. The first kappa shape index (κ1) is 29.9. The maximum atomic E-state index is 14.0. The Kier molecular flexibility index (Phi) is 9.12. The molecule has 2 aromatic carbocycles. The normalized spacial score (nSPS) is 15.3. The van der Waals surface area contributed by atoms with Crippen molar-refractivity contribution >= 4 is 50.9 Å². The molecule has 3 aromatic rings. The molecule has 0 aliphatic carbocycles. The Morgan fingerprint density at radius 2 is 1.80 bits per heavy atom. The van der Waals surface area contributed by atoms with Crippen molar-refractivity contribution in [3.63, 3.8) is 0 Å². The zero-order valence-electron chi connectivity index (χ0n) is 23.2. The van der Waals surface area contributed by atoms with E-state index in [0.717, 1.165) is 4.47 Å². The van der Waals surface area contributed by atoms with E-state index in [1.54, 1.807) is 52.2 Å². The average molecular weight is 650 g/mol. The molecule has 0 N–H and O–H groups in total. The summed E-state index contributed by atoms with van der Waals surface area (Å²) in [7, 11) is 3.07. The second-order valence-electron chi connectivity index (χ2n) is 9.62. The molecule has 1 aliphatic rings. The van der Waals surface area contributed by atoms with Gasteiger partial charge < -0.3 is 18.9 Å². The van der Waals surface area contributed by atoms with Crippen molar-refractivity contribution in [1.29, 1.82) is 0 Å². The molecule has 11 heteroatoms. The number of ether oxygens (including phenoxy) is 4. The highest BCUT2D eigenvalue weighted by atomic mass is 79.9. The van der Waals surface area contributed by atoms with Gasteiger partial charge in [0.05, 0.1) is 47.3 Å². The number of esters is 1. The van der Waals surface area contributed by atoms with Gasteiger partial charge in [-0.2, -0.15) is 0 Å². The Morgan fingerprint density at radius 3 is 2.42 bits per heavy atom. The van der Waals surface area contributed by atoms with Gasteiger partial charge in [-0.3, -0.25) is 9.36 Å². The smallest absolute Gasteiger partial charge is 0.338 e. The zero-order valence-corrected chi connectivity index (χ0v) is 26.4. The highest BCUT2D eigenvalue weighted by molar-refractivity contribution is 9.10. The number of hydrogen-bond acceptors (Lipinski definition) is 8. The predicted molar refractivity (Wildman–Crippen MR) is 159 cm³/mol. The number of nitrogens with zero attached hydrogens (tertiary/aromatic N) is 2. The van der Waals surface area contributed by atoms with Gasteiger partial charge in [-0.25, -0.2) is 9.79 Å². The summed E-state index contributed by atoms with van der Waals surface area (Å²) in [6.07, 6.45) is 1.26. The molecular weight excluding hydrogens is 620 g/mol. The fourth-order valence-corrected chi connectivity index (χ4v) is 6.09. The third-order valence-electron chi connectivity index (χ3n) is 5.97. The van der Waals surface area contributed by atoms with E-state index in [0.29, 0.717) is 48.4 Å². The number of fused-ring (bicyclic) bond motifs is 1. The highest BCUT2D eigenvalue weighted by Crippen LogP contribution is 2.39. The number of rotatable bonds is 8. The van der Waals surface area contributed by atoms with Gasteiger partial charge in [-0.15, -0.1) is 0 Å². The second-order valence-corrected chi connectivity index (χ2v) is 12.0. The largest absolute Gasteiger partial charge is 0.496 e. The van der Waals surface area contributed by atoms with Crippen molar-refractivity contribution in [3.05, 3.63) is 81.9 Å². The molecule has 0 radical (unpaired) electrons. The minimum atomic E-state index is -0.822. The number of carbonyl (C=O) groups is 1. The lowest BCUT2D eigenvalue weighted by Gasteiger charge is -2.26. The zero-order chi connectivity index (χ0) is 29.3. The molecule has 0 saturated heterocycles.